The number of hydrogen-bond donors (Lipinski definition) is 1. The van der Waals surface area contributed by atoms with Crippen LogP contribution in [0, 0.1) is 5.41 Å². The highest BCUT2D eigenvalue weighted by molar-refractivity contribution is 5.08. The zero-order chi connectivity index (χ0) is 13.4. The van der Waals surface area contributed by atoms with Crippen LogP contribution in [-0.2, 0) is 13.5 Å². The molecule has 3 nitrogen and oxygen atoms in total. The molecule has 0 saturated carbocycles. The van der Waals surface area contributed by atoms with Crippen LogP contribution in [0.25, 0.3) is 0 Å². The van der Waals surface area contributed by atoms with Gasteiger partial charge in [-0.15, -0.1) is 0 Å². The van der Waals surface area contributed by atoms with Gasteiger partial charge >= 0.3 is 0 Å². The highest BCUT2D eigenvalue weighted by Crippen LogP contribution is 2.32. The molecule has 0 radical (unpaired) electrons. The molecule has 18 heavy (non-hydrogen) atoms. The van der Waals surface area contributed by atoms with Crippen molar-refractivity contribution in [3.63, 3.8) is 0 Å². The molecule has 104 valence electrons. The number of aryl methyl sites for hydroxylation is 1. The molecule has 1 aromatic rings. The van der Waals surface area contributed by atoms with Crippen LogP contribution in [0.5, 0.6) is 0 Å². The molecule has 0 aliphatic rings. The van der Waals surface area contributed by atoms with Crippen LogP contribution >= 0.6 is 0 Å². The first-order valence-corrected chi connectivity index (χ1v) is 7.34. The normalized spacial score (nSPS) is 14.7. The molecule has 0 aliphatic heterocycles. The van der Waals surface area contributed by atoms with Crippen LogP contribution in [0.4, 0.5) is 0 Å². The third-order valence-electron chi connectivity index (χ3n) is 3.90. The lowest BCUT2D eigenvalue weighted by molar-refractivity contribution is 0.231. The van der Waals surface area contributed by atoms with E-state index in [4.69, 9.17) is 0 Å². The van der Waals surface area contributed by atoms with Crippen molar-refractivity contribution in [1.82, 2.24) is 15.1 Å². The van der Waals surface area contributed by atoms with Crippen molar-refractivity contribution < 1.29 is 0 Å². The molecule has 0 aliphatic carbocycles. The fourth-order valence-electron chi connectivity index (χ4n) is 2.60. The Hall–Kier alpha value is -0.830. The van der Waals surface area contributed by atoms with Crippen molar-refractivity contribution in [2.75, 3.05) is 13.1 Å². The van der Waals surface area contributed by atoms with E-state index in [-0.39, 0.29) is 0 Å². The Labute approximate surface area is 112 Å². The quantitative estimate of drug-likeness (QED) is 0.730. The van der Waals surface area contributed by atoms with E-state index in [2.05, 4.69) is 37.4 Å². The van der Waals surface area contributed by atoms with Crippen LogP contribution in [0.2, 0.25) is 0 Å². The molecular weight excluding hydrogens is 222 g/mol. The van der Waals surface area contributed by atoms with Gasteiger partial charge in [-0.1, -0.05) is 33.6 Å². The van der Waals surface area contributed by atoms with E-state index in [1.807, 2.05) is 17.9 Å². The first-order valence-electron chi connectivity index (χ1n) is 7.34. The number of aromatic nitrogens is 2. The first kappa shape index (κ1) is 15.2. The summed E-state index contributed by atoms with van der Waals surface area (Å²) in [5.41, 5.74) is 1.77. The smallest absolute Gasteiger partial charge is 0.0521 e. The van der Waals surface area contributed by atoms with Crippen LogP contribution in [0.1, 0.15) is 52.0 Å². The number of unbranched alkanes of at least 4 members (excludes halogenated alkanes) is 1. The van der Waals surface area contributed by atoms with E-state index < -0.39 is 0 Å². The SMILES string of the molecule is CCCCC(CC)(CNCC)Cc1cnn(C)c1. The monoisotopic (exact) mass is 251 g/mol. The molecule has 1 aromatic heterocycles. The Morgan fingerprint density at radius 2 is 2.11 bits per heavy atom. The summed E-state index contributed by atoms with van der Waals surface area (Å²) in [7, 11) is 1.99. The van der Waals surface area contributed by atoms with Gasteiger partial charge in [-0.05, 0) is 36.8 Å². The van der Waals surface area contributed by atoms with Gasteiger partial charge < -0.3 is 5.32 Å². The predicted octanol–water partition coefficient (Wildman–Crippen LogP) is 3.16. The molecule has 0 spiro atoms. The van der Waals surface area contributed by atoms with Gasteiger partial charge in [-0.2, -0.15) is 5.10 Å². The predicted molar refractivity (Wildman–Crippen MR) is 77.7 cm³/mol. The maximum Gasteiger partial charge on any atom is 0.0521 e. The molecule has 1 rings (SSSR count). The molecule has 0 amide bonds. The Kier molecular flexibility index (Phi) is 6.41. The molecule has 1 heterocycles. The molecule has 0 fully saturated rings. The summed E-state index contributed by atoms with van der Waals surface area (Å²) in [6.07, 6.45) is 10.5. The van der Waals surface area contributed by atoms with Crippen LogP contribution in [0.15, 0.2) is 12.4 Å². The summed E-state index contributed by atoms with van der Waals surface area (Å²) >= 11 is 0. The van der Waals surface area contributed by atoms with E-state index >= 15 is 0 Å². The van der Waals surface area contributed by atoms with Crippen LogP contribution in [0.3, 0.4) is 0 Å². The zero-order valence-electron chi connectivity index (χ0n) is 12.5. The molecule has 0 saturated heterocycles. The van der Waals surface area contributed by atoms with Crippen LogP contribution in [-0.4, -0.2) is 22.9 Å². The molecule has 3 heteroatoms. The lowest BCUT2D eigenvalue weighted by Crippen LogP contribution is -2.35. The van der Waals surface area contributed by atoms with Crippen molar-refractivity contribution >= 4 is 0 Å². The standard InChI is InChI=1S/C15H29N3/c1-5-8-9-15(6-2,13-16-7-3)10-14-11-17-18(4)12-14/h11-12,16H,5-10,13H2,1-4H3. The second-order valence-corrected chi connectivity index (χ2v) is 5.44. The van der Waals surface area contributed by atoms with Gasteiger partial charge in [0.15, 0.2) is 0 Å². The minimum atomic E-state index is 0.398. The van der Waals surface area contributed by atoms with Crippen LogP contribution < -0.4 is 5.32 Å². The van der Waals surface area contributed by atoms with Gasteiger partial charge in [-0.3, -0.25) is 4.68 Å². The van der Waals surface area contributed by atoms with E-state index in [0.717, 1.165) is 19.5 Å². The molecule has 1 atom stereocenters. The number of rotatable bonds is 9. The summed E-state index contributed by atoms with van der Waals surface area (Å²) in [6, 6.07) is 0. The van der Waals surface area contributed by atoms with Crippen molar-refractivity contribution in [2.45, 2.75) is 52.9 Å². The number of hydrogen-bond acceptors (Lipinski definition) is 2. The Morgan fingerprint density at radius 3 is 2.61 bits per heavy atom. The third kappa shape index (κ3) is 4.45. The highest BCUT2D eigenvalue weighted by atomic mass is 15.2. The van der Waals surface area contributed by atoms with E-state index in [1.54, 1.807) is 0 Å². The van der Waals surface area contributed by atoms with Crippen molar-refractivity contribution in [3.8, 4) is 0 Å². The third-order valence-corrected chi connectivity index (χ3v) is 3.90. The summed E-state index contributed by atoms with van der Waals surface area (Å²) in [5, 5.41) is 7.84. The van der Waals surface area contributed by atoms with Gasteiger partial charge in [0.25, 0.3) is 0 Å². The summed E-state index contributed by atoms with van der Waals surface area (Å²) in [6.45, 7) is 8.96. The Bertz CT molecular complexity index is 322. The average molecular weight is 251 g/mol. The molecule has 1 unspecified atom stereocenters. The maximum absolute atomic E-state index is 4.29. The molecule has 0 bridgehead atoms. The van der Waals surface area contributed by atoms with Crippen molar-refractivity contribution in [1.29, 1.82) is 0 Å². The fourth-order valence-corrected chi connectivity index (χ4v) is 2.60. The summed E-state index contributed by atoms with van der Waals surface area (Å²) < 4.78 is 1.91. The minimum absolute atomic E-state index is 0.398. The van der Waals surface area contributed by atoms with E-state index in [9.17, 15) is 0 Å². The highest BCUT2D eigenvalue weighted by Gasteiger charge is 2.27. The van der Waals surface area contributed by atoms with Crippen molar-refractivity contribution in [2.24, 2.45) is 12.5 Å². The Balaban J connectivity index is 2.73. The second kappa shape index (κ2) is 7.57. The van der Waals surface area contributed by atoms with Gasteiger partial charge in [0.1, 0.15) is 0 Å². The second-order valence-electron chi connectivity index (χ2n) is 5.44. The topological polar surface area (TPSA) is 29.9 Å². The summed E-state index contributed by atoms with van der Waals surface area (Å²) in [5.74, 6) is 0. The van der Waals surface area contributed by atoms with Gasteiger partial charge in [0, 0.05) is 19.8 Å². The lowest BCUT2D eigenvalue weighted by Gasteiger charge is -2.33. The van der Waals surface area contributed by atoms with E-state index in [1.165, 1.54) is 31.2 Å². The molecule has 1 N–H and O–H groups in total. The van der Waals surface area contributed by atoms with Crippen molar-refractivity contribution in [3.05, 3.63) is 18.0 Å². The minimum Gasteiger partial charge on any atom is -0.316 e. The fraction of sp³-hybridized carbons (Fsp3) is 0.800. The zero-order valence-corrected chi connectivity index (χ0v) is 12.5. The molecular formula is C15H29N3. The average Bonchev–Trinajstić information content (AvgIpc) is 2.78. The first-order chi connectivity index (χ1) is 8.65. The molecule has 0 aromatic carbocycles. The summed E-state index contributed by atoms with van der Waals surface area (Å²) in [4.78, 5) is 0. The maximum atomic E-state index is 4.29. The van der Waals surface area contributed by atoms with Gasteiger partial charge in [0.2, 0.25) is 0 Å². The number of nitrogens with one attached hydrogen (secondary N) is 1. The largest absolute Gasteiger partial charge is 0.316 e. The Morgan fingerprint density at radius 1 is 1.33 bits per heavy atom. The lowest BCUT2D eigenvalue weighted by atomic mass is 9.75. The van der Waals surface area contributed by atoms with Gasteiger partial charge in [-0.25, -0.2) is 0 Å². The van der Waals surface area contributed by atoms with Gasteiger partial charge in [0.05, 0.1) is 6.20 Å². The number of nitrogens with zero attached hydrogens (tertiary/aromatic N) is 2. The van der Waals surface area contributed by atoms with E-state index in [0.29, 0.717) is 5.41 Å².